The number of fused-ring (bicyclic) bond motifs is 1. The number of hydrogen-bond donors (Lipinski definition) is 0. The molecule has 0 fully saturated rings. The largest absolute Gasteiger partial charge is 0.361 e. The highest BCUT2D eigenvalue weighted by molar-refractivity contribution is 9.08. The van der Waals surface area contributed by atoms with Gasteiger partial charge in [-0.1, -0.05) is 21.1 Å². The van der Waals surface area contributed by atoms with Crippen LogP contribution in [0.15, 0.2) is 4.52 Å². The maximum atomic E-state index is 13.0. The van der Waals surface area contributed by atoms with E-state index in [4.69, 9.17) is 4.52 Å². The summed E-state index contributed by atoms with van der Waals surface area (Å²) in [7, 11) is 0. The van der Waals surface area contributed by atoms with Crippen LogP contribution in [0.5, 0.6) is 0 Å². The van der Waals surface area contributed by atoms with Crippen molar-refractivity contribution in [2.45, 2.75) is 30.5 Å². The highest BCUT2D eigenvalue weighted by atomic mass is 79.9. The van der Waals surface area contributed by atoms with Gasteiger partial charge in [-0.3, -0.25) is 0 Å². The summed E-state index contributed by atoms with van der Waals surface area (Å²) in [4.78, 5) is 0. The van der Waals surface area contributed by atoms with Crippen LogP contribution in [0.4, 0.5) is 8.78 Å². The van der Waals surface area contributed by atoms with Crippen LogP contribution in [0.1, 0.15) is 23.4 Å². The summed E-state index contributed by atoms with van der Waals surface area (Å²) in [5, 5.41) is 4.20. The third-order valence-corrected chi connectivity index (χ3v) is 2.76. The van der Waals surface area contributed by atoms with Gasteiger partial charge >= 0.3 is 0 Å². The minimum Gasteiger partial charge on any atom is -0.361 e. The third-order valence-electron chi connectivity index (χ3n) is 2.23. The van der Waals surface area contributed by atoms with Gasteiger partial charge < -0.3 is 4.52 Å². The second-order valence-corrected chi connectivity index (χ2v) is 3.76. The number of hydrogen-bond acceptors (Lipinski definition) is 2. The summed E-state index contributed by atoms with van der Waals surface area (Å²) < 4.78 is 30.9. The van der Waals surface area contributed by atoms with Crippen molar-refractivity contribution < 1.29 is 13.3 Å². The van der Waals surface area contributed by atoms with Gasteiger partial charge in [0.05, 0.1) is 5.69 Å². The summed E-state index contributed by atoms with van der Waals surface area (Å²) in [6.07, 6.45) is -0.0635. The fourth-order valence-electron chi connectivity index (χ4n) is 1.53. The van der Waals surface area contributed by atoms with Crippen molar-refractivity contribution >= 4 is 15.9 Å². The fourth-order valence-corrected chi connectivity index (χ4v) is 1.97. The molecule has 1 aliphatic rings. The lowest BCUT2D eigenvalue weighted by molar-refractivity contribution is -0.0147. The van der Waals surface area contributed by atoms with Crippen LogP contribution in [0.3, 0.4) is 0 Å². The molecule has 0 N–H and O–H groups in total. The molecule has 0 saturated heterocycles. The molecule has 1 aromatic rings. The minimum absolute atomic E-state index is 0.128. The Balaban J connectivity index is 2.36. The van der Waals surface area contributed by atoms with Crippen LogP contribution >= 0.6 is 15.9 Å². The van der Waals surface area contributed by atoms with Crippen molar-refractivity contribution in [3.05, 3.63) is 17.0 Å². The zero-order chi connectivity index (χ0) is 9.47. The average Bonchev–Trinajstić information content (AvgIpc) is 2.44. The summed E-state index contributed by atoms with van der Waals surface area (Å²) in [6.45, 7) is 0. The van der Waals surface area contributed by atoms with E-state index in [1.165, 1.54) is 0 Å². The molecule has 0 saturated carbocycles. The topological polar surface area (TPSA) is 26.0 Å². The van der Waals surface area contributed by atoms with E-state index in [1.54, 1.807) is 0 Å². The van der Waals surface area contributed by atoms with Crippen LogP contribution in [0.25, 0.3) is 0 Å². The molecule has 72 valence electrons. The van der Waals surface area contributed by atoms with E-state index in [1.807, 2.05) is 0 Å². The first-order valence-electron chi connectivity index (χ1n) is 4.02. The van der Waals surface area contributed by atoms with Crippen molar-refractivity contribution in [1.29, 1.82) is 0 Å². The van der Waals surface area contributed by atoms with Crippen LogP contribution in [-0.2, 0) is 18.2 Å². The number of halogens is 3. The predicted octanol–water partition coefficient (Wildman–Crippen LogP) is 2.69. The lowest BCUT2D eigenvalue weighted by atomic mass is 9.93. The van der Waals surface area contributed by atoms with E-state index in [0.717, 1.165) is 0 Å². The van der Waals surface area contributed by atoms with E-state index in [0.29, 0.717) is 28.8 Å². The van der Waals surface area contributed by atoms with Crippen molar-refractivity contribution in [3.63, 3.8) is 0 Å². The lowest BCUT2D eigenvalue weighted by Crippen LogP contribution is -2.25. The Morgan fingerprint density at radius 1 is 1.54 bits per heavy atom. The Morgan fingerprint density at radius 3 is 3.00 bits per heavy atom. The maximum absolute atomic E-state index is 13.0. The Labute approximate surface area is 82.4 Å². The van der Waals surface area contributed by atoms with E-state index in [2.05, 4.69) is 21.1 Å². The number of nitrogens with zero attached hydrogens (tertiary/aromatic N) is 1. The van der Waals surface area contributed by atoms with Crippen molar-refractivity contribution in [2.75, 3.05) is 0 Å². The second kappa shape index (κ2) is 3.04. The van der Waals surface area contributed by atoms with Gasteiger partial charge in [0.15, 0.2) is 0 Å². The lowest BCUT2D eigenvalue weighted by Gasteiger charge is -2.20. The smallest absolute Gasteiger partial charge is 0.252 e. The predicted molar refractivity (Wildman–Crippen MR) is 46.1 cm³/mol. The Morgan fingerprint density at radius 2 is 2.31 bits per heavy atom. The summed E-state index contributed by atoms with van der Waals surface area (Å²) in [5.41, 5.74) is 1.20. The normalized spacial score (nSPS) is 19.9. The number of aromatic nitrogens is 1. The first-order valence-corrected chi connectivity index (χ1v) is 5.14. The molecule has 0 amide bonds. The standard InChI is InChI=1S/C8H8BrF2NO/c9-4-6-5-3-8(10,11)2-1-7(5)13-12-6/h1-4H2. The molecule has 1 aromatic heterocycles. The molecule has 0 aromatic carbocycles. The molecule has 2 nitrogen and oxygen atoms in total. The number of alkyl halides is 3. The molecule has 0 unspecified atom stereocenters. The van der Waals surface area contributed by atoms with Gasteiger partial charge in [-0.25, -0.2) is 8.78 Å². The maximum Gasteiger partial charge on any atom is 0.252 e. The monoisotopic (exact) mass is 251 g/mol. The van der Waals surface area contributed by atoms with Crippen LogP contribution in [0.2, 0.25) is 0 Å². The first-order chi connectivity index (χ1) is 6.12. The fraction of sp³-hybridized carbons (Fsp3) is 0.625. The summed E-state index contributed by atoms with van der Waals surface area (Å²) in [5.74, 6) is -1.96. The molecule has 0 aliphatic heterocycles. The van der Waals surface area contributed by atoms with Crippen LogP contribution in [0, 0.1) is 0 Å². The zero-order valence-corrected chi connectivity index (χ0v) is 8.40. The van der Waals surface area contributed by atoms with E-state index in [9.17, 15) is 8.78 Å². The number of aryl methyl sites for hydroxylation is 1. The minimum atomic E-state index is -2.59. The molecule has 0 atom stereocenters. The van der Waals surface area contributed by atoms with Crippen LogP contribution < -0.4 is 0 Å². The van der Waals surface area contributed by atoms with Gasteiger partial charge in [-0.15, -0.1) is 0 Å². The Bertz CT molecular complexity index is 310. The SMILES string of the molecule is FC1(F)CCc2onc(CBr)c2C1. The van der Waals surface area contributed by atoms with E-state index < -0.39 is 5.92 Å². The van der Waals surface area contributed by atoms with Crippen molar-refractivity contribution in [2.24, 2.45) is 0 Å². The van der Waals surface area contributed by atoms with Gasteiger partial charge in [0.25, 0.3) is 5.92 Å². The van der Waals surface area contributed by atoms with Crippen molar-refractivity contribution in [3.8, 4) is 0 Å². The third kappa shape index (κ3) is 1.61. The highest BCUT2D eigenvalue weighted by Crippen LogP contribution is 2.34. The van der Waals surface area contributed by atoms with E-state index >= 15 is 0 Å². The molecule has 1 heterocycles. The summed E-state index contributed by atoms with van der Waals surface area (Å²) >= 11 is 3.19. The van der Waals surface area contributed by atoms with E-state index in [-0.39, 0.29) is 12.8 Å². The molecule has 2 rings (SSSR count). The molecule has 0 bridgehead atoms. The van der Waals surface area contributed by atoms with Gasteiger partial charge in [0.2, 0.25) is 0 Å². The quantitative estimate of drug-likeness (QED) is 0.718. The molecule has 0 radical (unpaired) electrons. The molecule has 5 heteroatoms. The Kier molecular flexibility index (Phi) is 2.14. The molecular formula is C8H8BrF2NO. The molecular weight excluding hydrogens is 244 g/mol. The summed E-state index contributed by atoms with van der Waals surface area (Å²) in [6, 6.07) is 0. The van der Waals surface area contributed by atoms with Gasteiger partial charge in [-0.05, 0) is 0 Å². The van der Waals surface area contributed by atoms with Gasteiger partial charge in [-0.2, -0.15) is 0 Å². The second-order valence-electron chi connectivity index (χ2n) is 3.20. The van der Waals surface area contributed by atoms with Crippen molar-refractivity contribution in [1.82, 2.24) is 5.16 Å². The van der Waals surface area contributed by atoms with Crippen LogP contribution in [-0.4, -0.2) is 11.1 Å². The first kappa shape index (κ1) is 9.12. The zero-order valence-electron chi connectivity index (χ0n) is 6.82. The average molecular weight is 252 g/mol. The molecule has 13 heavy (non-hydrogen) atoms. The Hall–Kier alpha value is -0.450. The van der Waals surface area contributed by atoms with Gasteiger partial charge in [0.1, 0.15) is 5.76 Å². The highest BCUT2D eigenvalue weighted by Gasteiger charge is 2.37. The van der Waals surface area contributed by atoms with Gasteiger partial charge in [0, 0.05) is 30.2 Å². The molecule has 1 aliphatic carbocycles. The molecule has 0 spiro atoms. The number of rotatable bonds is 1.